The maximum atomic E-state index is 13.4. The van der Waals surface area contributed by atoms with Crippen LogP contribution in [-0.2, 0) is 18.8 Å². The van der Waals surface area contributed by atoms with Gasteiger partial charge < -0.3 is 15.2 Å². The van der Waals surface area contributed by atoms with E-state index in [4.69, 9.17) is 0 Å². The van der Waals surface area contributed by atoms with Crippen molar-refractivity contribution in [1.82, 2.24) is 20.2 Å². The molecule has 1 heterocycles. The number of thioether (sulfide) groups is 1. The second-order valence-electron chi connectivity index (χ2n) is 5.35. The summed E-state index contributed by atoms with van der Waals surface area (Å²) in [5, 5.41) is 6.58. The SMILES string of the molecule is CN=C(NCCCn1ccnc1)NCc1ccc(F)cc1CSC. The fraction of sp³-hybridized carbons (Fsp3) is 0.412. The highest BCUT2D eigenvalue weighted by molar-refractivity contribution is 7.97. The second-order valence-corrected chi connectivity index (χ2v) is 6.22. The smallest absolute Gasteiger partial charge is 0.191 e. The van der Waals surface area contributed by atoms with Gasteiger partial charge in [-0.1, -0.05) is 6.07 Å². The van der Waals surface area contributed by atoms with Gasteiger partial charge in [-0.3, -0.25) is 4.99 Å². The maximum Gasteiger partial charge on any atom is 0.191 e. The molecule has 1 aromatic carbocycles. The number of hydrogen-bond donors (Lipinski definition) is 2. The minimum absolute atomic E-state index is 0.190. The van der Waals surface area contributed by atoms with E-state index in [0.717, 1.165) is 42.3 Å². The Hall–Kier alpha value is -2.02. The van der Waals surface area contributed by atoms with E-state index in [-0.39, 0.29) is 5.82 Å². The van der Waals surface area contributed by atoms with Gasteiger partial charge >= 0.3 is 0 Å². The van der Waals surface area contributed by atoms with E-state index >= 15 is 0 Å². The van der Waals surface area contributed by atoms with Gasteiger partial charge in [0.2, 0.25) is 0 Å². The first kappa shape index (κ1) is 18.3. The van der Waals surface area contributed by atoms with Gasteiger partial charge in [0, 0.05) is 44.8 Å². The van der Waals surface area contributed by atoms with Crippen LogP contribution in [0.4, 0.5) is 4.39 Å². The molecule has 0 atom stereocenters. The molecule has 0 amide bonds. The Morgan fingerprint density at radius 2 is 2.21 bits per heavy atom. The van der Waals surface area contributed by atoms with Crippen molar-refractivity contribution >= 4 is 17.7 Å². The van der Waals surface area contributed by atoms with E-state index in [0.29, 0.717) is 6.54 Å². The summed E-state index contributed by atoms with van der Waals surface area (Å²) in [6.45, 7) is 2.36. The minimum atomic E-state index is -0.190. The third-order valence-corrected chi connectivity index (χ3v) is 4.18. The van der Waals surface area contributed by atoms with Crippen molar-refractivity contribution in [2.75, 3.05) is 19.8 Å². The minimum Gasteiger partial charge on any atom is -0.356 e. The Morgan fingerprint density at radius 3 is 2.92 bits per heavy atom. The zero-order chi connectivity index (χ0) is 17.2. The summed E-state index contributed by atoms with van der Waals surface area (Å²) >= 11 is 1.69. The van der Waals surface area contributed by atoms with Crippen molar-refractivity contribution in [2.45, 2.75) is 25.3 Å². The number of nitrogens with zero attached hydrogens (tertiary/aromatic N) is 3. The van der Waals surface area contributed by atoms with E-state index in [1.807, 2.05) is 29.4 Å². The van der Waals surface area contributed by atoms with E-state index < -0.39 is 0 Å². The van der Waals surface area contributed by atoms with Crippen LogP contribution < -0.4 is 10.6 Å². The first-order chi connectivity index (χ1) is 11.7. The van der Waals surface area contributed by atoms with Crippen LogP contribution in [0.5, 0.6) is 0 Å². The van der Waals surface area contributed by atoms with Crippen LogP contribution in [0.15, 0.2) is 41.9 Å². The molecule has 130 valence electrons. The molecule has 7 heteroatoms. The molecule has 2 rings (SSSR count). The van der Waals surface area contributed by atoms with E-state index in [9.17, 15) is 4.39 Å². The predicted octanol–water partition coefficient (Wildman–Crippen LogP) is 2.64. The molecule has 0 saturated carbocycles. The van der Waals surface area contributed by atoms with Gasteiger partial charge in [0.25, 0.3) is 0 Å². The van der Waals surface area contributed by atoms with Gasteiger partial charge in [0.05, 0.1) is 6.33 Å². The highest BCUT2D eigenvalue weighted by Crippen LogP contribution is 2.16. The number of guanidine groups is 1. The fourth-order valence-corrected chi connectivity index (χ4v) is 2.92. The van der Waals surface area contributed by atoms with Gasteiger partial charge in [0.1, 0.15) is 5.82 Å². The molecule has 0 saturated heterocycles. The van der Waals surface area contributed by atoms with Crippen molar-refractivity contribution in [1.29, 1.82) is 0 Å². The van der Waals surface area contributed by atoms with Gasteiger partial charge in [-0.05, 0) is 35.9 Å². The normalized spacial score (nSPS) is 11.5. The van der Waals surface area contributed by atoms with E-state index in [1.54, 1.807) is 31.1 Å². The number of aryl methyl sites for hydroxylation is 1. The highest BCUT2D eigenvalue weighted by Gasteiger charge is 2.05. The Morgan fingerprint density at radius 1 is 1.33 bits per heavy atom. The van der Waals surface area contributed by atoms with Crippen LogP contribution in [0.3, 0.4) is 0 Å². The van der Waals surface area contributed by atoms with E-state index in [2.05, 4.69) is 20.6 Å². The van der Waals surface area contributed by atoms with Gasteiger partial charge in [0.15, 0.2) is 5.96 Å². The van der Waals surface area contributed by atoms with Crippen molar-refractivity contribution in [2.24, 2.45) is 4.99 Å². The zero-order valence-corrected chi connectivity index (χ0v) is 14.9. The Labute approximate surface area is 146 Å². The molecule has 2 aromatic rings. The van der Waals surface area contributed by atoms with Gasteiger partial charge in [-0.15, -0.1) is 0 Å². The van der Waals surface area contributed by atoms with Gasteiger partial charge in [-0.2, -0.15) is 11.8 Å². The Kier molecular flexibility index (Phi) is 7.61. The lowest BCUT2D eigenvalue weighted by molar-refractivity contribution is 0.622. The quantitative estimate of drug-likeness (QED) is 0.437. The largest absolute Gasteiger partial charge is 0.356 e. The van der Waals surface area contributed by atoms with Gasteiger partial charge in [-0.25, -0.2) is 9.37 Å². The van der Waals surface area contributed by atoms with Crippen molar-refractivity contribution in [3.63, 3.8) is 0 Å². The fourth-order valence-electron chi connectivity index (χ4n) is 2.34. The molecule has 0 bridgehead atoms. The molecular formula is C17H24FN5S. The van der Waals surface area contributed by atoms with Crippen molar-refractivity contribution in [3.05, 3.63) is 53.9 Å². The second kappa shape index (κ2) is 9.97. The van der Waals surface area contributed by atoms with Crippen LogP contribution in [0.1, 0.15) is 17.5 Å². The summed E-state index contributed by atoms with van der Waals surface area (Å²) in [7, 11) is 1.75. The molecule has 0 spiro atoms. The van der Waals surface area contributed by atoms with E-state index in [1.165, 1.54) is 6.07 Å². The molecule has 2 N–H and O–H groups in total. The summed E-state index contributed by atoms with van der Waals surface area (Å²) in [6.07, 6.45) is 8.54. The average Bonchev–Trinajstić information content (AvgIpc) is 3.09. The number of hydrogen-bond acceptors (Lipinski definition) is 3. The summed E-state index contributed by atoms with van der Waals surface area (Å²) in [4.78, 5) is 8.25. The standard InChI is InChI=1S/C17H24FN5S/c1-19-17(21-6-3-8-23-9-7-20-13-23)22-11-14-4-5-16(18)10-15(14)12-24-2/h4-5,7,9-10,13H,3,6,8,11-12H2,1-2H3,(H2,19,21,22). The zero-order valence-electron chi connectivity index (χ0n) is 14.1. The third-order valence-electron chi connectivity index (χ3n) is 3.58. The highest BCUT2D eigenvalue weighted by atomic mass is 32.2. The monoisotopic (exact) mass is 349 g/mol. The first-order valence-corrected chi connectivity index (χ1v) is 9.29. The van der Waals surface area contributed by atoms with Crippen LogP contribution >= 0.6 is 11.8 Å². The third kappa shape index (κ3) is 5.88. The van der Waals surface area contributed by atoms with Crippen LogP contribution in [0.25, 0.3) is 0 Å². The van der Waals surface area contributed by atoms with Crippen LogP contribution in [0.2, 0.25) is 0 Å². The Bertz CT molecular complexity index is 642. The maximum absolute atomic E-state index is 13.4. The lowest BCUT2D eigenvalue weighted by Gasteiger charge is -2.14. The lowest BCUT2D eigenvalue weighted by atomic mass is 10.1. The number of aliphatic imine (C=N–C) groups is 1. The number of rotatable bonds is 8. The number of imidazole rings is 1. The molecule has 0 unspecified atom stereocenters. The number of nitrogens with one attached hydrogen (secondary N) is 2. The molecule has 0 aliphatic heterocycles. The molecule has 5 nitrogen and oxygen atoms in total. The molecular weight excluding hydrogens is 325 g/mol. The molecule has 0 aliphatic rings. The van der Waals surface area contributed by atoms with Crippen LogP contribution in [0, 0.1) is 5.82 Å². The summed E-state index contributed by atoms with van der Waals surface area (Å²) < 4.78 is 15.4. The molecule has 1 aromatic heterocycles. The molecule has 0 aliphatic carbocycles. The van der Waals surface area contributed by atoms with Crippen LogP contribution in [-0.4, -0.2) is 35.4 Å². The summed E-state index contributed by atoms with van der Waals surface area (Å²) in [6, 6.07) is 4.94. The van der Waals surface area contributed by atoms with Crippen molar-refractivity contribution in [3.8, 4) is 0 Å². The summed E-state index contributed by atoms with van der Waals surface area (Å²) in [5.74, 6) is 1.36. The Balaban J connectivity index is 1.78. The summed E-state index contributed by atoms with van der Waals surface area (Å²) in [5.41, 5.74) is 2.11. The van der Waals surface area contributed by atoms with Crippen molar-refractivity contribution < 1.29 is 4.39 Å². The predicted molar refractivity (Wildman–Crippen MR) is 98.7 cm³/mol. The molecule has 0 radical (unpaired) electrons. The lowest BCUT2D eigenvalue weighted by Crippen LogP contribution is -2.37. The number of aromatic nitrogens is 2. The number of benzene rings is 1. The molecule has 24 heavy (non-hydrogen) atoms. The molecule has 0 fully saturated rings. The average molecular weight is 349 g/mol. The topological polar surface area (TPSA) is 54.2 Å². The number of halogens is 1. The first-order valence-electron chi connectivity index (χ1n) is 7.89.